The van der Waals surface area contributed by atoms with Gasteiger partial charge in [0.25, 0.3) is 5.69 Å². The summed E-state index contributed by atoms with van der Waals surface area (Å²) in [5, 5.41) is 23.6. The highest BCUT2D eigenvalue weighted by atomic mass is 79.9. The molecule has 3 rings (SSSR count). The zero-order chi connectivity index (χ0) is 20.3. The van der Waals surface area contributed by atoms with Gasteiger partial charge in [0.05, 0.1) is 4.92 Å². The van der Waals surface area contributed by atoms with Gasteiger partial charge in [-0.3, -0.25) is 20.0 Å². The molecule has 1 aromatic heterocycles. The first kappa shape index (κ1) is 19.5. The van der Waals surface area contributed by atoms with Crippen molar-refractivity contribution < 1.29 is 9.72 Å². The van der Waals surface area contributed by atoms with Crippen molar-refractivity contribution >= 4 is 38.9 Å². The van der Waals surface area contributed by atoms with E-state index in [1.807, 2.05) is 6.07 Å². The van der Waals surface area contributed by atoms with Crippen molar-refractivity contribution in [3.8, 4) is 11.4 Å². The third-order valence-electron chi connectivity index (χ3n) is 3.98. The molecule has 0 saturated heterocycles. The third-order valence-corrected chi connectivity index (χ3v) is 4.47. The number of nitro benzene ring substituents is 1. The molecule has 0 aliphatic rings. The second-order valence-corrected chi connectivity index (χ2v) is 7.45. The zero-order valence-corrected chi connectivity index (χ0v) is 16.6. The topological polar surface area (TPSA) is 126 Å². The molecule has 0 aliphatic carbocycles. The molecule has 0 radical (unpaired) electrons. The fourth-order valence-corrected chi connectivity index (χ4v) is 2.90. The molecule has 2 aromatic carbocycles. The summed E-state index contributed by atoms with van der Waals surface area (Å²) in [6.07, 6.45) is 1.40. The molecular formula is C18H17BrN6O3. The van der Waals surface area contributed by atoms with Gasteiger partial charge in [-0.2, -0.15) is 5.10 Å². The molecule has 28 heavy (non-hydrogen) atoms. The Hall–Kier alpha value is -3.27. The highest BCUT2D eigenvalue weighted by Gasteiger charge is 2.30. The van der Waals surface area contributed by atoms with Crippen molar-refractivity contribution in [2.24, 2.45) is 0 Å². The second-order valence-electron chi connectivity index (χ2n) is 6.54. The number of nitrogens with zero attached hydrogens (tertiary/aromatic N) is 3. The van der Waals surface area contributed by atoms with E-state index in [-0.39, 0.29) is 17.3 Å². The van der Waals surface area contributed by atoms with E-state index in [0.29, 0.717) is 16.0 Å². The average molecular weight is 445 g/mol. The molecule has 9 nitrogen and oxygen atoms in total. The Morgan fingerprint density at radius 2 is 2.04 bits per heavy atom. The minimum absolute atomic E-state index is 0.114. The van der Waals surface area contributed by atoms with E-state index in [0.717, 1.165) is 5.56 Å². The lowest BCUT2D eigenvalue weighted by Gasteiger charge is -2.26. The van der Waals surface area contributed by atoms with Gasteiger partial charge in [0.1, 0.15) is 17.6 Å². The molecular weight excluding hydrogens is 428 g/mol. The van der Waals surface area contributed by atoms with Crippen LogP contribution in [-0.4, -0.2) is 31.6 Å². The summed E-state index contributed by atoms with van der Waals surface area (Å²) in [6, 6.07) is 11.6. The van der Waals surface area contributed by atoms with Crippen molar-refractivity contribution in [2.45, 2.75) is 19.4 Å². The first-order valence-electron chi connectivity index (χ1n) is 8.25. The number of aromatic amines is 1. The van der Waals surface area contributed by atoms with Gasteiger partial charge >= 0.3 is 0 Å². The van der Waals surface area contributed by atoms with Gasteiger partial charge in [-0.1, -0.05) is 28.1 Å². The van der Waals surface area contributed by atoms with Crippen LogP contribution in [0.15, 0.2) is 53.3 Å². The zero-order valence-electron chi connectivity index (χ0n) is 15.1. The van der Waals surface area contributed by atoms with E-state index in [9.17, 15) is 14.9 Å². The summed E-state index contributed by atoms with van der Waals surface area (Å²) in [4.78, 5) is 27.7. The van der Waals surface area contributed by atoms with Crippen molar-refractivity contribution in [3.63, 3.8) is 0 Å². The lowest BCUT2D eigenvalue weighted by molar-refractivity contribution is -0.384. The van der Waals surface area contributed by atoms with Crippen LogP contribution in [0.2, 0.25) is 0 Å². The number of nitro groups is 1. The molecule has 1 heterocycles. The maximum Gasteiger partial charge on any atom is 0.292 e. The molecule has 0 spiro atoms. The number of amides is 1. The van der Waals surface area contributed by atoms with E-state index in [2.05, 4.69) is 41.7 Å². The van der Waals surface area contributed by atoms with E-state index >= 15 is 0 Å². The Morgan fingerprint density at radius 3 is 2.71 bits per heavy atom. The Bertz CT molecular complexity index is 1020. The van der Waals surface area contributed by atoms with Crippen LogP contribution in [0.5, 0.6) is 0 Å². The van der Waals surface area contributed by atoms with Gasteiger partial charge in [-0.15, -0.1) is 0 Å². The molecule has 0 bridgehead atoms. The average Bonchev–Trinajstić information content (AvgIpc) is 3.16. The Morgan fingerprint density at radius 1 is 1.25 bits per heavy atom. The smallest absolute Gasteiger partial charge is 0.292 e. The number of rotatable bonds is 6. The summed E-state index contributed by atoms with van der Waals surface area (Å²) in [5.74, 6) is 0.231. The number of aromatic nitrogens is 3. The van der Waals surface area contributed by atoms with Crippen LogP contribution in [0.3, 0.4) is 0 Å². The SMILES string of the molecule is CC(C)(Nc1cc(Br)ccc1[N+](=O)[O-])C(=O)Nc1cccc(-c2ncn[nH]2)c1. The highest BCUT2D eigenvalue weighted by molar-refractivity contribution is 9.10. The van der Waals surface area contributed by atoms with Crippen LogP contribution in [0.4, 0.5) is 17.1 Å². The van der Waals surface area contributed by atoms with E-state index in [4.69, 9.17) is 0 Å². The molecule has 0 fully saturated rings. The molecule has 0 saturated carbocycles. The van der Waals surface area contributed by atoms with Crippen molar-refractivity contribution in [1.82, 2.24) is 15.2 Å². The van der Waals surface area contributed by atoms with Gasteiger partial charge < -0.3 is 10.6 Å². The molecule has 3 aromatic rings. The lowest BCUT2D eigenvalue weighted by Crippen LogP contribution is -2.44. The van der Waals surface area contributed by atoms with Crippen molar-refractivity contribution in [1.29, 1.82) is 0 Å². The summed E-state index contributed by atoms with van der Waals surface area (Å²) in [6.45, 7) is 3.29. The third kappa shape index (κ3) is 4.34. The van der Waals surface area contributed by atoms with Crippen LogP contribution < -0.4 is 10.6 Å². The van der Waals surface area contributed by atoms with E-state index < -0.39 is 10.5 Å². The number of anilines is 2. The highest BCUT2D eigenvalue weighted by Crippen LogP contribution is 2.30. The van der Waals surface area contributed by atoms with Gasteiger partial charge in [-0.05, 0) is 38.1 Å². The van der Waals surface area contributed by atoms with Crippen LogP contribution in [0.1, 0.15) is 13.8 Å². The Labute approximate surface area is 168 Å². The normalized spacial score (nSPS) is 11.1. The summed E-state index contributed by atoms with van der Waals surface area (Å²) < 4.78 is 0.663. The van der Waals surface area contributed by atoms with Crippen LogP contribution in [0.25, 0.3) is 11.4 Å². The number of carbonyl (C=O) groups is 1. The Balaban J connectivity index is 1.80. The van der Waals surface area contributed by atoms with Gasteiger partial charge in [0.15, 0.2) is 5.82 Å². The maximum atomic E-state index is 12.8. The maximum absolute atomic E-state index is 12.8. The summed E-state index contributed by atoms with van der Waals surface area (Å²) in [7, 11) is 0. The number of halogens is 1. The summed E-state index contributed by atoms with van der Waals surface area (Å²) in [5.41, 5.74) is 0.348. The predicted molar refractivity (Wildman–Crippen MR) is 109 cm³/mol. The molecule has 0 atom stereocenters. The van der Waals surface area contributed by atoms with E-state index in [1.54, 1.807) is 44.2 Å². The van der Waals surface area contributed by atoms with Crippen LogP contribution in [0, 0.1) is 10.1 Å². The molecule has 0 aliphatic heterocycles. The quantitative estimate of drug-likeness (QED) is 0.389. The van der Waals surface area contributed by atoms with Crippen molar-refractivity contribution in [3.05, 3.63) is 63.4 Å². The first-order chi connectivity index (χ1) is 13.3. The predicted octanol–water partition coefficient (Wildman–Crippen LogP) is 3.97. The van der Waals surface area contributed by atoms with Crippen molar-refractivity contribution in [2.75, 3.05) is 10.6 Å². The van der Waals surface area contributed by atoms with E-state index in [1.165, 1.54) is 12.4 Å². The van der Waals surface area contributed by atoms with Gasteiger partial charge in [0.2, 0.25) is 5.91 Å². The molecule has 3 N–H and O–H groups in total. The van der Waals surface area contributed by atoms with Crippen LogP contribution in [-0.2, 0) is 4.79 Å². The minimum atomic E-state index is -1.12. The van der Waals surface area contributed by atoms with Crippen LogP contribution >= 0.6 is 15.9 Å². The molecule has 1 amide bonds. The minimum Gasteiger partial charge on any atom is -0.366 e. The molecule has 144 valence electrons. The number of carbonyl (C=O) groups excluding carboxylic acids is 1. The lowest BCUT2D eigenvalue weighted by atomic mass is 10.0. The number of hydrogen-bond acceptors (Lipinski definition) is 6. The monoisotopic (exact) mass is 444 g/mol. The fourth-order valence-electron chi connectivity index (χ4n) is 2.54. The molecule has 10 heteroatoms. The first-order valence-corrected chi connectivity index (χ1v) is 9.05. The van der Waals surface area contributed by atoms with Gasteiger partial charge in [-0.25, -0.2) is 4.98 Å². The standard InChI is InChI=1S/C18H17BrN6O3/c1-18(2,23-14-9-12(19)6-7-15(14)25(27)28)17(26)22-13-5-3-4-11(8-13)16-20-10-21-24-16/h3-10,23H,1-2H3,(H,22,26)(H,20,21,24). The summed E-state index contributed by atoms with van der Waals surface area (Å²) >= 11 is 3.29. The molecule has 0 unspecified atom stereocenters. The fraction of sp³-hybridized carbons (Fsp3) is 0.167. The van der Waals surface area contributed by atoms with Gasteiger partial charge in [0, 0.05) is 21.8 Å². The number of H-pyrrole nitrogens is 1. The largest absolute Gasteiger partial charge is 0.366 e. The number of hydrogen-bond donors (Lipinski definition) is 3. The second kappa shape index (κ2) is 7.77. The number of benzene rings is 2. The Kier molecular flexibility index (Phi) is 5.41. The number of nitrogens with one attached hydrogen (secondary N) is 3.